The first kappa shape index (κ1) is 12.5. The van der Waals surface area contributed by atoms with Gasteiger partial charge in [-0.25, -0.2) is 0 Å². The summed E-state index contributed by atoms with van der Waals surface area (Å²) in [5.74, 6) is -0.354. The molecule has 2 unspecified atom stereocenters. The van der Waals surface area contributed by atoms with E-state index < -0.39 is 5.97 Å². The normalized spacial score (nSPS) is 28.1. The fourth-order valence-corrected chi connectivity index (χ4v) is 1.72. The van der Waals surface area contributed by atoms with Crippen molar-refractivity contribution in [2.45, 2.75) is 19.4 Å². The van der Waals surface area contributed by atoms with Crippen molar-refractivity contribution in [2.75, 3.05) is 13.1 Å². The summed E-state index contributed by atoms with van der Waals surface area (Å²) in [6.07, 6.45) is 2.57. The molecule has 76 valence electrons. The summed E-state index contributed by atoms with van der Waals surface area (Å²) >= 11 is 0. The molecule has 1 N–H and O–H groups in total. The van der Waals surface area contributed by atoms with Gasteiger partial charge in [-0.3, -0.25) is 9.69 Å². The van der Waals surface area contributed by atoms with Gasteiger partial charge in [0.05, 0.1) is 0 Å². The Morgan fingerprint density at radius 3 is 2.69 bits per heavy atom. The second-order valence-corrected chi connectivity index (χ2v) is 3.17. The molecule has 0 spiro atoms. The second-order valence-electron chi connectivity index (χ2n) is 3.17. The highest BCUT2D eigenvalue weighted by molar-refractivity contribution is 5.85. The van der Waals surface area contributed by atoms with E-state index in [9.17, 15) is 4.79 Å². The van der Waals surface area contributed by atoms with Crippen molar-refractivity contribution < 1.29 is 9.90 Å². The number of carbonyl (C=O) groups is 1. The van der Waals surface area contributed by atoms with Crippen molar-refractivity contribution >= 4 is 18.4 Å². The minimum absolute atomic E-state index is 0. The molecule has 4 heteroatoms. The number of rotatable bonds is 3. The number of likely N-dealkylation sites (N-methyl/N-ethyl adjacent to an activating group) is 1. The molecular formula is C9H16ClNO2. The topological polar surface area (TPSA) is 40.5 Å². The van der Waals surface area contributed by atoms with Gasteiger partial charge in [-0.05, 0) is 18.9 Å². The van der Waals surface area contributed by atoms with Gasteiger partial charge in [0, 0.05) is 6.54 Å². The van der Waals surface area contributed by atoms with Gasteiger partial charge >= 0.3 is 5.97 Å². The SMILES string of the molecule is C=CC1CC(C(=O)O)N(CC)C1.Cl. The Labute approximate surface area is 84.8 Å². The Morgan fingerprint density at radius 2 is 2.38 bits per heavy atom. The monoisotopic (exact) mass is 205 g/mol. The number of likely N-dealkylation sites (tertiary alicyclic amines) is 1. The lowest BCUT2D eigenvalue weighted by molar-refractivity contribution is -0.142. The lowest BCUT2D eigenvalue weighted by Crippen LogP contribution is -2.35. The summed E-state index contributed by atoms with van der Waals surface area (Å²) in [5.41, 5.74) is 0. The molecule has 2 atom stereocenters. The molecule has 0 bridgehead atoms. The number of hydrogen-bond acceptors (Lipinski definition) is 2. The van der Waals surface area contributed by atoms with Gasteiger partial charge < -0.3 is 5.11 Å². The van der Waals surface area contributed by atoms with Gasteiger partial charge in [-0.1, -0.05) is 13.0 Å². The van der Waals surface area contributed by atoms with Gasteiger partial charge in [0.2, 0.25) is 0 Å². The molecule has 3 nitrogen and oxygen atoms in total. The molecule has 0 saturated carbocycles. The summed E-state index contributed by atoms with van der Waals surface area (Å²) in [7, 11) is 0. The molecule has 1 aliphatic rings. The maximum Gasteiger partial charge on any atom is 0.320 e. The first-order valence-electron chi connectivity index (χ1n) is 4.28. The van der Waals surface area contributed by atoms with E-state index in [0.717, 1.165) is 13.1 Å². The van der Waals surface area contributed by atoms with E-state index in [1.807, 2.05) is 17.9 Å². The third kappa shape index (κ3) is 2.71. The van der Waals surface area contributed by atoms with Crippen LogP contribution in [0.4, 0.5) is 0 Å². The van der Waals surface area contributed by atoms with Crippen LogP contribution >= 0.6 is 12.4 Å². The highest BCUT2D eigenvalue weighted by atomic mass is 35.5. The van der Waals surface area contributed by atoms with Gasteiger partial charge in [-0.2, -0.15) is 0 Å². The highest BCUT2D eigenvalue weighted by Gasteiger charge is 2.34. The quantitative estimate of drug-likeness (QED) is 0.708. The van der Waals surface area contributed by atoms with Gasteiger partial charge in [0.25, 0.3) is 0 Å². The maximum atomic E-state index is 10.8. The number of carboxylic acids is 1. The number of carboxylic acid groups (broad SMARTS) is 1. The van der Waals surface area contributed by atoms with E-state index in [1.54, 1.807) is 0 Å². The van der Waals surface area contributed by atoms with Crippen LogP contribution in [0.25, 0.3) is 0 Å². The zero-order valence-corrected chi connectivity index (χ0v) is 8.59. The van der Waals surface area contributed by atoms with E-state index in [2.05, 4.69) is 6.58 Å². The molecule has 0 radical (unpaired) electrons. The van der Waals surface area contributed by atoms with Crippen molar-refractivity contribution in [3.8, 4) is 0 Å². The van der Waals surface area contributed by atoms with Crippen LogP contribution in [0.2, 0.25) is 0 Å². The van der Waals surface area contributed by atoms with Crippen molar-refractivity contribution in [3.05, 3.63) is 12.7 Å². The third-order valence-electron chi connectivity index (χ3n) is 2.46. The summed E-state index contributed by atoms with van der Waals surface area (Å²) in [6.45, 7) is 7.32. The predicted octanol–water partition coefficient (Wildman–Crippen LogP) is 1.39. The summed E-state index contributed by atoms with van der Waals surface area (Å²) in [6, 6.07) is -0.294. The molecule has 0 aromatic carbocycles. The van der Waals surface area contributed by atoms with Crippen molar-refractivity contribution in [1.29, 1.82) is 0 Å². The molecule has 0 aliphatic carbocycles. The van der Waals surface area contributed by atoms with Crippen LogP contribution in [-0.2, 0) is 4.79 Å². The summed E-state index contributed by atoms with van der Waals surface area (Å²) in [4.78, 5) is 12.7. The predicted molar refractivity (Wildman–Crippen MR) is 54.2 cm³/mol. The van der Waals surface area contributed by atoms with Crippen LogP contribution in [0.1, 0.15) is 13.3 Å². The molecule has 1 rings (SSSR count). The highest BCUT2D eigenvalue weighted by Crippen LogP contribution is 2.23. The Balaban J connectivity index is 0.00000144. The number of nitrogens with zero attached hydrogens (tertiary/aromatic N) is 1. The Kier molecular flexibility index (Phi) is 5.03. The first-order chi connectivity index (χ1) is 5.69. The number of hydrogen-bond donors (Lipinski definition) is 1. The van der Waals surface area contributed by atoms with Crippen molar-refractivity contribution in [3.63, 3.8) is 0 Å². The van der Waals surface area contributed by atoms with E-state index in [0.29, 0.717) is 12.3 Å². The smallest absolute Gasteiger partial charge is 0.320 e. The lowest BCUT2D eigenvalue weighted by Gasteiger charge is -2.17. The maximum absolute atomic E-state index is 10.8. The molecule has 13 heavy (non-hydrogen) atoms. The average molecular weight is 206 g/mol. The molecular weight excluding hydrogens is 190 g/mol. The van der Waals surface area contributed by atoms with Crippen LogP contribution in [-0.4, -0.2) is 35.1 Å². The minimum Gasteiger partial charge on any atom is -0.480 e. The average Bonchev–Trinajstić information content (AvgIpc) is 2.47. The molecule has 0 aromatic heterocycles. The zero-order valence-electron chi connectivity index (χ0n) is 7.77. The van der Waals surface area contributed by atoms with Crippen LogP contribution in [0.3, 0.4) is 0 Å². The third-order valence-corrected chi connectivity index (χ3v) is 2.46. The Bertz CT molecular complexity index is 196. The van der Waals surface area contributed by atoms with Crippen LogP contribution in [0, 0.1) is 5.92 Å². The van der Waals surface area contributed by atoms with E-state index >= 15 is 0 Å². The molecule has 0 aromatic rings. The fraction of sp³-hybridized carbons (Fsp3) is 0.667. The Hall–Kier alpha value is -0.540. The van der Waals surface area contributed by atoms with Gasteiger partial charge in [-0.15, -0.1) is 19.0 Å². The number of halogens is 1. The second kappa shape index (κ2) is 5.25. The molecule has 1 saturated heterocycles. The van der Waals surface area contributed by atoms with Crippen LogP contribution in [0.5, 0.6) is 0 Å². The van der Waals surface area contributed by atoms with E-state index in [-0.39, 0.29) is 18.4 Å². The van der Waals surface area contributed by atoms with Crippen molar-refractivity contribution in [1.82, 2.24) is 4.90 Å². The largest absolute Gasteiger partial charge is 0.480 e. The fourth-order valence-electron chi connectivity index (χ4n) is 1.72. The van der Waals surface area contributed by atoms with E-state index in [1.165, 1.54) is 0 Å². The molecule has 1 heterocycles. The lowest BCUT2D eigenvalue weighted by atomic mass is 10.1. The summed E-state index contributed by atoms with van der Waals surface area (Å²) < 4.78 is 0. The standard InChI is InChI=1S/C9H15NO2.ClH/c1-3-7-5-8(9(11)12)10(4-2)6-7;/h3,7-8H,1,4-6H2,2H3,(H,11,12);1H. The van der Waals surface area contributed by atoms with Gasteiger partial charge in [0.1, 0.15) is 6.04 Å². The first-order valence-corrected chi connectivity index (χ1v) is 4.28. The molecule has 0 amide bonds. The molecule has 1 aliphatic heterocycles. The van der Waals surface area contributed by atoms with Gasteiger partial charge in [0.15, 0.2) is 0 Å². The van der Waals surface area contributed by atoms with Crippen LogP contribution < -0.4 is 0 Å². The number of aliphatic carboxylic acids is 1. The van der Waals surface area contributed by atoms with E-state index in [4.69, 9.17) is 5.11 Å². The van der Waals surface area contributed by atoms with Crippen LogP contribution in [0.15, 0.2) is 12.7 Å². The summed E-state index contributed by atoms with van der Waals surface area (Å²) in [5, 5.41) is 8.85. The molecule has 1 fully saturated rings. The zero-order chi connectivity index (χ0) is 9.14. The Morgan fingerprint density at radius 1 is 1.77 bits per heavy atom. The minimum atomic E-state index is -0.707. The van der Waals surface area contributed by atoms with Crippen molar-refractivity contribution in [2.24, 2.45) is 5.92 Å².